The molecule has 27 heavy (non-hydrogen) atoms. The highest BCUT2D eigenvalue weighted by Gasteiger charge is 2.25. The van der Waals surface area contributed by atoms with E-state index in [9.17, 15) is 4.79 Å². The van der Waals surface area contributed by atoms with Gasteiger partial charge in [-0.15, -0.1) is 11.3 Å². The van der Waals surface area contributed by atoms with E-state index in [1.165, 1.54) is 23.1 Å². The van der Waals surface area contributed by atoms with Gasteiger partial charge >= 0.3 is 0 Å². The maximum Gasteiger partial charge on any atom is 0.264 e. The molecule has 0 spiro atoms. The predicted molar refractivity (Wildman–Crippen MR) is 113 cm³/mol. The highest BCUT2D eigenvalue weighted by Crippen LogP contribution is 2.31. The van der Waals surface area contributed by atoms with Crippen molar-refractivity contribution in [3.8, 4) is 5.69 Å². The summed E-state index contributed by atoms with van der Waals surface area (Å²) in [4.78, 5) is 21.4. The molecule has 4 rings (SSSR count). The lowest BCUT2D eigenvalue weighted by atomic mass is 10.2. The van der Waals surface area contributed by atoms with Gasteiger partial charge in [0, 0.05) is 33.7 Å². The van der Waals surface area contributed by atoms with E-state index < -0.39 is 0 Å². The van der Waals surface area contributed by atoms with Crippen LogP contribution in [0.3, 0.4) is 0 Å². The molecule has 5 nitrogen and oxygen atoms in total. The van der Waals surface area contributed by atoms with Crippen LogP contribution in [0.2, 0.25) is 5.02 Å². The van der Waals surface area contributed by atoms with Gasteiger partial charge in [-0.2, -0.15) is 4.99 Å². The van der Waals surface area contributed by atoms with Crippen molar-refractivity contribution in [2.24, 2.45) is 4.99 Å². The standard InChI is InChI=1S/C19H15ClN4OS2/c1-11-9-13(12(2)24(11)15-5-3-14(20)4-6-15)10-16-17(25)22-19(27-16)23-18-21-7-8-26-18/h3-10H,1-2H3,(H,21,22,23,25)/b16-10-. The number of thioether (sulfide) groups is 1. The van der Waals surface area contributed by atoms with E-state index in [2.05, 4.69) is 25.9 Å². The van der Waals surface area contributed by atoms with E-state index in [0.717, 1.165) is 22.6 Å². The van der Waals surface area contributed by atoms with Crippen molar-refractivity contribution < 1.29 is 4.79 Å². The Kier molecular flexibility index (Phi) is 4.90. The summed E-state index contributed by atoms with van der Waals surface area (Å²) in [6, 6.07) is 9.77. The van der Waals surface area contributed by atoms with E-state index in [0.29, 0.717) is 20.2 Å². The molecule has 1 aliphatic rings. The summed E-state index contributed by atoms with van der Waals surface area (Å²) >= 11 is 8.75. The number of aryl methyl sites for hydroxylation is 1. The van der Waals surface area contributed by atoms with Gasteiger partial charge in [0.05, 0.1) is 4.91 Å². The average molecular weight is 415 g/mol. The number of carbonyl (C=O) groups excluding carboxylic acids is 1. The number of nitrogens with zero attached hydrogens (tertiary/aromatic N) is 3. The number of aliphatic imine (C=N–C) groups is 1. The summed E-state index contributed by atoms with van der Waals surface area (Å²) in [5, 5.41) is 6.52. The molecule has 0 radical (unpaired) electrons. The first-order valence-corrected chi connectivity index (χ1v) is 10.2. The highest BCUT2D eigenvalue weighted by atomic mass is 35.5. The molecule has 8 heteroatoms. The molecule has 1 fully saturated rings. The molecule has 1 N–H and O–H groups in total. The van der Waals surface area contributed by atoms with Gasteiger partial charge in [-0.25, -0.2) is 4.98 Å². The Balaban J connectivity index is 1.65. The summed E-state index contributed by atoms with van der Waals surface area (Å²) < 4.78 is 2.14. The Morgan fingerprint density at radius 3 is 2.74 bits per heavy atom. The van der Waals surface area contributed by atoms with Gasteiger partial charge in [-0.3, -0.25) is 4.79 Å². The lowest BCUT2D eigenvalue weighted by molar-refractivity contribution is -0.115. The van der Waals surface area contributed by atoms with Gasteiger partial charge in [-0.05, 0) is 67.6 Å². The molecule has 1 aromatic carbocycles. The molecule has 3 aromatic rings. The smallest absolute Gasteiger partial charge is 0.264 e. The maximum atomic E-state index is 12.3. The van der Waals surface area contributed by atoms with Gasteiger partial charge in [0.15, 0.2) is 5.17 Å². The van der Waals surface area contributed by atoms with Gasteiger partial charge < -0.3 is 9.88 Å². The molecule has 2 aromatic heterocycles. The number of nitrogens with one attached hydrogen (secondary N) is 1. The van der Waals surface area contributed by atoms with Crippen LogP contribution in [0.1, 0.15) is 17.0 Å². The fraction of sp³-hybridized carbons (Fsp3) is 0.105. The molecular weight excluding hydrogens is 400 g/mol. The zero-order valence-electron chi connectivity index (χ0n) is 14.6. The number of amidine groups is 1. The van der Waals surface area contributed by atoms with E-state index in [4.69, 9.17) is 11.6 Å². The third-order valence-electron chi connectivity index (χ3n) is 4.11. The number of benzene rings is 1. The molecule has 0 saturated carbocycles. The second kappa shape index (κ2) is 7.34. The van der Waals surface area contributed by atoms with Crippen LogP contribution in [0.5, 0.6) is 0 Å². The SMILES string of the molecule is Cc1cc(/C=C2\S/C(=N/c3nccs3)NC2=O)c(C)n1-c1ccc(Cl)cc1. The Hall–Kier alpha value is -2.35. The number of amides is 1. The first-order valence-electron chi connectivity index (χ1n) is 8.15. The van der Waals surface area contributed by atoms with Crippen LogP contribution in [0.15, 0.2) is 51.8 Å². The molecule has 0 aliphatic carbocycles. The monoisotopic (exact) mass is 414 g/mol. The lowest BCUT2D eigenvalue weighted by Crippen LogP contribution is -2.19. The lowest BCUT2D eigenvalue weighted by Gasteiger charge is -2.09. The molecule has 1 amide bonds. The van der Waals surface area contributed by atoms with Crippen LogP contribution in [0, 0.1) is 13.8 Å². The number of carbonyl (C=O) groups is 1. The van der Waals surface area contributed by atoms with Crippen molar-refractivity contribution in [3.05, 3.63) is 68.8 Å². The van der Waals surface area contributed by atoms with Crippen molar-refractivity contribution in [1.82, 2.24) is 14.9 Å². The Labute approximate surface area is 169 Å². The van der Waals surface area contributed by atoms with E-state index >= 15 is 0 Å². The summed E-state index contributed by atoms with van der Waals surface area (Å²) in [6.07, 6.45) is 3.59. The number of rotatable bonds is 3. The Morgan fingerprint density at radius 1 is 1.26 bits per heavy atom. The van der Waals surface area contributed by atoms with Crippen LogP contribution < -0.4 is 5.32 Å². The number of hydrogen-bond acceptors (Lipinski definition) is 5. The minimum absolute atomic E-state index is 0.147. The Morgan fingerprint density at radius 2 is 2.04 bits per heavy atom. The molecule has 3 heterocycles. The fourth-order valence-corrected chi connectivity index (χ4v) is 4.41. The normalized spacial score (nSPS) is 17.1. The van der Waals surface area contributed by atoms with Crippen LogP contribution in [0.25, 0.3) is 11.8 Å². The van der Waals surface area contributed by atoms with Crippen molar-refractivity contribution in [1.29, 1.82) is 0 Å². The molecule has 0 bridgehead atoms. The van der Waals surface area contributed by atoms with E-state index in [-0.39, 0.29) is 5.91 Å². The maximum absolute atomic E-state index is 12.3. The third kappa shape index (κ3) is 3.71. The summed E-state index contributed by atoms with van der Waals surface area (Å²) in [5.74, 6) is -0.147. The zero-order chi connectivity index (χ0) is 19.0. The minimum Gasteiger partial charge on any atom is -0.318 e. The van der Waals surface area contributed by atoms with E-state index in [1.807, 2.05) is 49.6 Å². The van der Waals surface area contributed by atoms with Crippen LogP contribution in [-0.2, 0) is 4.79 Å². The number of aromatic nitrogens is 2. The summed E-state index contributed by atoms with van der Waals surface area (Å²) in [6.45, 7) is 4.08. The topological polar surface area (TPSA) is 59.3 Å². The van der Waals surface area contributed by atoms with Crippen molar-refractivity contribution in [2.45, 2.75) is 13.8 Å². The van der Waals surface area contributed by atoms with Crippen molar-refractivity contribution in [3.63, 3.8) is 0 Å². The predicted octanol–water partition coefficient (Wildman–Crippen LogP) is 5.10. The summed E-state index contributed by atoms with van der Waals surface area (Å²) in [7, 11) is 0. The Bertz CT molecular complexity index is 1070. The van der Waals surface area contributed by atoms with Gasteiger partial charge in [0.25, 0.3) is 5.91 Å². The number of thiazole rings is 1. The first-order chi connectivity index (χ1) is 13.0. The fourth-order valence-electron chi connectivity index (χ4n) is 2.90. The average Bonchev–Trinajstić information content (AvgIpc) is 3.32. The summed E-state index contributed by atoms with van der Waals surface area (Å²) in [5.41, 5.74) is 4.17. The van der Waals surface area contributed by atoms with Gasteiger partial charge in [-0.1, -0.05) is 11.6 Å². The molecule has 1 aliphatic heterocycles. The molecule has 0 atom stereocenters. The molecule has 1 saturated heterocycles. The minimum atomic E-state index is -0.147. The first kappa shape index (κ1) is 18.0. The van der Waals surface area contributed by atoms with E-state index in [1.54, 1.807) is 6.20 Å². The van der Waals surface area contributed by atoms with Crippen LogP contribution in [-0.4, -0.2) is 20.6 Å². The number of hydrogen-bond donors (Lipinski definition) is 1. The number of halogens is 1. The quantitative estimate of drug-likeness (QED) is 0.607. The largest absolute Gasteiger partial charge is 0.318 e. The second-order valence-corrected chi connectivity index (χ2v) is 8.27. The van der Waals surface area contributed by atoms with Crippen LogP contribution in [0.4, 0.5) is 5.13 Å². The molecule has 136 valence electrons. The van der Waals surface area contributed by atoms with Crippen molar-refractivity contribution >= 4 is 57.0 Å². The van der Waals surface area contributed by atoms with Crippen LogP contribution >= 0.6 is 34.7 Å². The molecule has 0 unspecified atom stereocenters. The molecular formula is C19H15ClN4OS2. The third-order valence-corrected chi connectivity index (χ3v) is 5.94. The van der Waals surface area contributed by atoms with Crippen molar-refractivity contribution in [2.75, 3.05) is 0 Å². The zero-order valence-corrected chi connectivity index (χ0v) is 17.0. The van der Waals surface area contributed by atoms with Gasteiger partial charge in [0.1, 0.15) is 0 Å². The highest BCUT2D eigenvalue weighted by molar-refractivity contribution is 8.18. The second-order valence-electron chi connectivity index (χ2n) is 5.93. The van der Waals surface area contributed by atoms with Gasteiger partial charge in [0.2, 0.25) is 5.13 Å².